The van der Waals surface area contributed by atoms with Crippen molar-refractivity contribution in [2.24, 2.45) is 5.84 Å². The molecule has 20 heavy (non-hydrogen) atoms. The van der Waals surface area contributed by atoms with E-state index in [2.05, 4.69) is 40.1 Å². The number of hydrogen-bond acceptors (Lipinski definition) is 3. The van der Waals surface area contributed by atoms with E-state index in [1.54, 1.807) is 12.1 Å². The molecule has 0 amide bonds. The Bertz CT molecular complexity index is 490. The Hall–Kier alpha value is -0.200. The van der Waals surface area contributed by atoms with Crippen LogP contribution in [0.1, 0.15) is 38.3 Å². The van der Waals surface area contributed by atoms with Gasteiger partial charge in [-0.25, -0.2) is 4.39 Å². The summed E-state index contributed by atoms with van der Waals surface area (Å²) in [4.78, 5) is 2.34. The van der Waals surface area contributed by atoms with E-state index < -0.39 is 5.82 Å². The van der Waals surface area contributed by atoms with E-state index in [9.17, 15) is 4.39 Å². The highest BCUT2D eigenvalue weighted by Gasteiger charge is 2.38. The van der Waals surface area contributed by atoms with Gasteiger partial charge in [0.05, 0.1) is 11.1 Å². The van der Waals surface area contributed by atoms with Crippen LogP contribution in [-0.4, -0.2) is 23.5 Å². The van der Waals surface area contributed by atoms with Gasteiger partial charge in [-0.3, -0.25) is 16.2 Å². The van der Waals surface area contributed by atoms with E-state index in [0.29, 0.717) is 10.0 Å². The van der Waals surface area contributed by atoms with E-state index in [1.165, 1.54) is 12.8 Å². The summed E-state index contributed by atoms with van der Waals surface area (Å²) in [6.45, 7) is 6.19. The molecule has 1 saturated heterocycles. The highest BCUT2D eigenvalue weighted by atomic mass is 79.9. The summed E-state index contributed by atoms with van der Waals surface area (Å²) in [5.74, 6) is 5.30. The fourth-order valence-electron chi connectivity index (χ4n) is 2.91. The summed E-state index contributed by atoms with van der Waals surface area (Å²) in [5.41, 5.74) is 2.98. The zero-order valence-corrected chi connectivity index (χ0v) is 14.1. The Kier molecular flexibility index (Phi) is 5.08. The lowest BCUT2D eigenvalue weighted by Crippen LogP contribution is -2.53. The molecule has 1 fully saturated rings. The zero-order chi connectivity index (χ0) is 14.9. The van der Waals surface area contributed by atoms with Crippen LogP contribution in [0.3, 0.4) is 0 Å². The smallest absolute Gasteiger partial charge is 0.147 e. The predicted molar refractivity (Wildman–Crippen MR) is 84.1 cm³/mol. The quantitative estimate of drug-likeness (QED) is 0.487. The molecule has 1 atom stereocenters. The van der Waals surface area contributed by atoms with Crippen LogP contribution in [0.25, 0.3) is 0 Å². The molecule has 0 radical (unpaired) electrons. The standard InChI is InChI=1S/C14H20BrClFN3/c1-14(2,20-7-3-4-8-20)13(19-18)9-5-6-10(15)11(16)12(9)17/h5-6,13,19H,3-4,7-8,18H2,1-2H3. The van der Waals surface area contributed by atoms with Crippen LogP contribution in [0.4, 0.5) is 4.39 Å². The maximum absolute atomic E-state index is 14.4. The summed E-state index contributed by atoms with van der Waals surface area (Å²) in [5, 5.41) is 0.0972. The molecule has 2 rings (SSSR count). The van der Waals surface area contributed by atoms with Crippen molar-refractivity contribution in [2.45, 2.75) is 38.3 Å². The molecule has 6 heteroatoms. The summed E-state index contributed by atoms with van der Waals surface area (Å²) in [7, 11) is 0. The number of benzene rings is 1. The van der Waals surface area contributed by atoms with Crippen LogP contribution in [0, 0.1) is 5.82 Å². The van der Waals surface area contributed by atoms with Gasteiger partial charge in [-0.15, -0.1) is 0 Å². The highest BCUT2D eigenvalue weighted by molar-refractivity contribution is 9.10. The molecular formula is C14H20BrClFN3. The summed E-state index contributed by atoms with van der Waals surface area (Å²) in [6.07, 6.45) is 2.34. The van der Waals surface area contributed by atoms with Gasteiger partial charge in [0, 0.05) is 15.6 Å². The minimum Gasteiger partial charge on any atom is -0.296 e. The first-order valence-electron chi connectivity index (χ1n) is 6.74. The van der Waals surface area contributed by atoms with Gasteiger partial charge in [0.25, 0.3) is 0 Å². The van der Waals surface area contributed by atoms with Crippen molar-refractivity contribution >= 4 is 27.5 Å². The predicted octanol–water partition coefficient (Wildman–Crippen LogP) is 3.62. The first-order valence-corrected chi connectivity index (χ1v) is 7.91. The summed E-state index contributed by atoms with van der Waals surface area (Å²) in [6, 6.07) is 3.16. The van der Waals surface area contributed by atoms with Crippen molar-refractivity contribution in [3.8, 4) is 0 Å². The van der Waals surface area contributed by atoms with Crippen molar-refractivity contribution in [1.82, 2.24) is 10.3 Å². The van der Waals surface area contributed by atoms with E-state index >= 15 is 0 Å². The van der Waals surface area contributed by atoms with Gasteiger partial charge >= 0.3 is 0 Å². The topological polar surface area (TPSA) is 41.3 Å². The lowest BCUT2D eigenvalue weighted by atomic mass is 9.87. The Labute approximate surface area is 132 Å². The lowest BCUT2D eigenvalue weighted by molar-refractivity contribution is 0.105. The summed E-state index contributed by atoms with van der Waals surface area (Å²) >= 11 is 9.22. The molecule has 0 aliphatic carbocycles. The third kappa shape index (κ3) is 2.88. The molecule has 1 aromatic rings. The molecule has 3 N–H and O–H groups in total. The van der Waals surface area contributed by atoms with E-state index in [4.69, 9.17) is 17.4 Å². The van der Waals surface area contributed by atoms with Crippen LogP contribution in [0.5, 0.6) is 0 Å². The van der Waals surface area contributed by atoms with Gasteiger partial charge < -0.3 is 0 Å². The number of hydrazine groups is 1. The number of likely N-dealkylation sites (tertiary alicyclic amines) is 1. The van der Waals surface area contributed by atoms with Gasteiger partial charge in [-0.2, -0.15) is 0 Å². The average Bonchev–Trinajstić information content (AvgIpc) is 2.94. The molecule has 3 nitrogen and oxygen atoms in total. The third-order valence-corrected chi connectivity index (χ3v) is 5.43. The minimum atomic E-state index is -0.420. The highest BCUT2D eigenvalue weighted by Crippen LogP contribution is 2.37. The first kappa shape index (κ1) is 16.2. The van der Waals surface area contributed by atoms with E-state index in [-0.39, 0.29) is 16.6 Å². The molecule has 0 bridgehead atoms. The molecule has 1 heterocycles. The largest absolute Gasteiger partial charge is 0.296 e. The van der Waals surface area contributed by atoms with Crippen LogP contribution < -0.4 is 11.3 Å². The van der Waals surface area contributed by atoms with Crippen molar-refractivity contribution < 1.29 is 4.39 Å². The Balaban J connectivity index is 2.39. The number of hydrogen-bond donors (Lipinski definition) is 2. The molecule has 1 aliphatic heterocycles. The number of nitrogens with one attached hydrogen (secondary N) is 1. The molecule has 1 unspecified atom stereocenters. The molecule has 112 valence electrons. The Morgan fingerprint density at radius 3 is 2.55 bits per heavy atom. The number of halogens is 3. The monoisotopic (exact) mass is 363 g/mol. The second-order valence-electron chi connectivity index (χ2n) is 5.71. The molecule has 1 aromatic carbocycles. The minimum absolute atomic E-state index is 0.0972. The fraction of sp³-hybridized carbons (Fsp3) is 0.571. The Morgan fingerprint density at radius 2 is 2.00 bits per heavy atom. The number of rotatable bonds is 4. The van der Waals surface area contributed by atoms with Crippen molar-refractivity contribution in [3.05, 3.63) is 33.0 Å². The fourth-order valence-corrected chi connectivity index (χ4v) is 3.39. The van der Waals surface area contributed by atoms with Gasteiger partial charge in [-0.1, -0.05) is 17.7 Å². The average molecular weight is 365 g/mol. The maximum Gasteiger partial charge on any atom is 0.147 e. The van der Waals surface area contributed by atoms with E-state index in [1.807, 2.05) is 0 Å². The van der Waals surface area contributed by atoms with Crippen LogP contribution in [0.2, 0.25) is 5.02 Å². The van der Waals surface area contributed by atoms with Gasteiger partial charge in [0.2, 0.25) is 0 Å². The normalized spacial score (nSPS) is 18.5. The number of nitrogens with two attached hydrogens (primary N) is 1. The number of nitrogens with zero attached hydrogens (tertiary/aromatic N) is 1. The molecule has 0 saturated carbocycles. The second-order valence-corrected chi connectivity index (χ2v) is 6.94. The van der Waals surface area contributed by atoms with Crippen LogP contribution in [0.15, 0.2) is 16.6 Å². The lowest BCUT2D eigenvalue weighted by Gasteiger charge is -2.42. The third-order valence-electron chi connectivity index (χ3n) is 4.17. The van der Waals surface area contributed by atoms with Crippen molar-refractivity contribution in [2.75, 3.05) is 13.1 Å². The van der Waals surface area contributed by atoms with Gasteiger partial charge in [0.15, 0.2) is 0 Å². The SMILES string of the molecule is CC(C)(C(NN)c1ccc(Br)c(Cl)c1F)N1CCCC1. The van der Waals surface area contributed by atoms with Gasteiger partial charge in [0.1, 0.15) is 5.82 Å². The zero-order valence-electron chi connectivity index (χ0n) is 11.7. The van der Waals surface area contributed by atoms with Crippen LogP contribution in [-0.2, 0) is 0 Å². The summed E-state index contributed by atoms with van der Waals surface area (Å²) < 4.78 is 15.0. The first-order chi connectivity index (χ1) is 9.39. The maximum atomic E-state index is 14.4. The molecule has 0 aromatic heterocycles. The van der Waals surface area contributed by atoms with Crippen LogP contribution >= 0.6 is 27.5 Å². The van der Waals surface area contributed by atoms with Crippen molar-refractivity contribution in [3.63, 3.8) is 0 Å². The molecule has 1 aliphatic rings. The van der Waals surface area contributed by atoms with Gasteiger partial charge in [-0.05, 0) is 61.8 Å². The van der Waals surface area contributed by atoms with E-state index in [0.717, 1.165) is 13.1 Å². The van der Waals surface area contributed by atoms with Crippen molar-refractivity contribution in [1.29, 1.82) is 0 Å². The Morgan fingerprint density at radius 1 is 1.40 bits per heavy atom. The molecule has 0 spiro atoms. The molecular weight excluding hydrogens is 345 g/mol. The second kappa shape index (κ2) is 6.28.